The van der Waals surface area contributed by atoms with Gasteiger partial charge in [0.2, 0.25) is 0 Å². The molecule has 2 aromatic rings. The van der Waals surface area contributed by atoms with Crippen LogP contribution in [0.4, 0.5) is 5.69 Å². The molecule has 1 aromatic heterocycles. The topological polar surface area (TPSA) is 54.5 Å². The lowest BCUT2D eigenvalue weighted by molar-refractivity contribution is 0.0779. The molecule has 5 nitrogen and oxygen atoms in total. The molecule has 110 valence electrons. The first kappa shape index (κ1) is 14.8. The molecule has 0 saturated heterocycles. The van der Waals surface area contributed by atoms with Gasteiger partial charge in [-0.3, -0.25) is 4.79 Å². The maximum absolute atomic E-state index is 12.3. The minimum absolute atomic E-state index is 0.103. The van der Waals surface area contributed by atoms with Crippen molar-refractivity contribution in [3.63, 3.8) is 0 Å². The first-order valence-corrected chi connectivity index (χ1v) is 6.66. The lowest BCUT2D eigenvalue weighted by Gasteiger charge is -2.17. The van der Waals surface area contributed by atoms with E-state index >= 15 is 0 Å². The van der Waals surface area contributed by atoms with Gasteiger partial charge in [0.1, 0.15) is 11.4 Å². The SMILES string of the molecule is CNc1ccc(C(=O)N(C)Cc2ccc(OC)cc2)nc1. The van der Waals surface area contributed by atoms with E-state index in [9.17, 15) is 4.79 Å². The van der Waals surface area contributed by atoms with Gasteiger partial charge in [0.05, 0.1) is 19.0 Å². The summed E-state index contributed by atoms with van der Waals surface area (Å²) in [4.78, 5) is 18.1. The summed E-state index contributed by atoms with van der Waals surface area (Å²) in [5, 5.41) is 2.97. The van der Waals surface area contributed by atoms with Crippen LogP contribution in [0, 0.1) is 0 Å². The molecule has 0 aliphatic carbocycles. The molecule has 0 spiro atoms. The van der Waals surface area contributed by atoms with Crippen LogP contribution in [0.3, 0.4) is 0 Å². The minimum atomic E-state index is -0.103. The number of carbonyl (C=O) groups is 1. The Bertz CT molecular complexity index is 594. The van der Waals surface area contributed by atoms with Crippen LogP contribution in [0.25, 0.3) is 0 Å². The Kier molecular flexibility index (Phi) is 4.77. The third-order valence-electron chi connectivity index (χ3n) is 3.20. The number of carbonyl (C=O) groups excluding carboxylic acids is 1. The molecule has 0 aliphatic heterocycles. The van der Waals surface area contributed by atoms with Gasteiger partial charge in [0, 0.05) is 20.6 Å². The van der Waals surface area contributed by atoms with E-state index in [2.05, 4.69) is 10.3 Å². The highest BCUT2D eigenvalue weighted by Crippen LogP contribution is 2.14. The van der Waals surface area contributed by atoms with Crippen LogP contribution in [0.15, 0.2) is 42.6 Å². The zero-order valence-corrected chi connectivity index (χ0v) is 12.5. The number of nitrogens with one attached hydrogen (secondary N) is 1. The number of hydrogen-bond donors (Lipinski definition) is 1. The maximum Gasteiger partial charge on any atom is 0.272 e. The van der Waals surface area contributed by atoms with Gasteiger partial charge in [-0.15, -0.1) is 0 Å². The Morgan fingerprint density at radius 2 is 1.95 bits per heavy atom. The van der Waals surface area contributed by atoms with E-state index in [0.717, 1.165) is 17.0 Å². The lowest BCUT2D eigenvalue weighted by atomic mass is 10.2. The molecule has 5 heteroatoms. The highest BCUT2D eigenvalue weighted by atomic mass is 16.5. The monoisotopic (exact) mass is 285 g/mol. The quantitative estimate of drug-likeness (QED) is 0.916. The Labute approximate surface area is 124 Å². The Morgan fingerprint density at radius 3 is 2.48 bits per heavy atom. The third kappa shape index (κ3) is 3.72. The van der Waals surface area contributed by atoms with Crippen molar-refractivity contribution in [2.75, 3.05) is 26.5 Å². The van der Waals surface area contributed by atoms with Gasteiger partial charge in [0.25, 0.3) is 5.91 Å². The second-order valence-electron chi connectivity index (χ2n) is 4.69. The number of aromatic nitrogens is 1. The molecular weight excluding hydrogens is 266 g/mol. The second kappa shape index (κ2) is 6.74. The average Bonchev–Trinajstić information content (AvgIpc) is 2.55. The number of benzene rings is 1. The molecule has 0 saturated carbocycles. The van der Waals surface area contributed by atoms with Crippen molar-refractivity contribution in [2.24, 2.45) is 0 Å². The van der Waals surface area contributed by atoms with Crippen LogP contribution in [-0.2, 0) is 6.54 Å². The molecule has 1 N–H and O–H groups in total. The van der Waals surface area contributed by atoms with Crippen LogP contribution in [0.5, 0.6) is 5.75 Å². The molecule has 1 amide bonds. The van der Waals surface area contributed by atoms with Gasteiger partial charge in [-0.25, -0.2) is 4.98 Å². The predicted octanol–water partition coefficient (Wildman–Crippen LogP) is 2.40. The zero-order valence-electron chi connectivity index (χ0n) is 12.5. The van der Waals surface area contributed by atoms with E-state index in [1.807, 2.05) is 37.4 Å². The molecular formula is C16H19N3O2. The molecule has 0 unspecified atom stereocenters. The van der Waals surface area contributed by atoms with Gasteiger partial charge < -0.3 is 15.0 Å². The van der Waals surface area contributed by atoms with Crippen LogP contribution >= 0.6 is 0 Å². The number of hydrogen-bond acceptors (Lipinski definition) is 4. The number of amides is 1. The Balaban J connectivity index is 2.03. The standard InChI is InChI=1S/C16H19N3O2/c1-17-13-6-9-15(18-10-13)16(20)19(2)11-12-4-7-14(21-3)8-5-12/h4-10,17H,11H2,1-3H3. The van der Waals surface area contributed by atoms with Gasteiger partial charge in [-0.2, -0.15) is 0 Å². The van der Waals surface area contributed by atoms with Gasteiger partial charge >= 0.3 is 0 Å². The zero-order chi connectivity index (χ0) is 15.2. The normalized spacial score (nSPS) is 10.0. The number of rotatable bonds is 5. The number of pyridine rings is 1. The van der Waals surface area contributed by atoms with Crippen LogP contribution < -0.4 is 10.1 Å². The smallest absolute Gasteiger partial charge is 0.272 e. The molecule has 0 bridgehead atoms. The summed E-state index contributed by atoms with van der Waals surface area (Å²) in [7, 11) is 5.21. The van der Waals surface area contributed by atoms with Crippen molar-refractivity contribution < 1.29 is 9.53 Å². The van der Waals surface area contributed by atoms with Crippen LogP contribution in [0.2, 0.25) is 0 Å². The lowest BCUT2D eigenvalue weighted by Crippen LogP contribution is -2.26. The maximum atomic E-state index is 12.3. The van der Waals surface area contributed by atoms with Crippen molar-refractivity contribution >= 4 is 11.6 Å². The van der Waals surface area contributed by atoms with E-state index in [1.54, 1.807) is 31.3 Å². The summed E-state index contributed by atoms with van der Waals surface area (Å²) in [5.41, 5.74) is 2.35. The molecule has 21 heavy (non-hydrogen) atoms. The van der Waals surface area contributed by atoms with Gasteiger partial charge in [0.15, 0.2) is 0 Å². The molecule has 0 radical (unpaired) electrons. The van der Waals surface area contributed by atoms with E-state index < -0.39 is 0 Å². The number of anilines is 1. The summed E-state index contributed by atoms with van der Waals surface area (Å²) in [6.45, 7) is 0.526. The molecule has 2 rings (SSSR count). The number of methoxy groups -OCH3 is 1. The highest BCUT2D eigenvalue weighted by molar-refractivity contribution is 5.92. The average molecular weight is 285 g/mol. The third-order valence-corrected chi connectivity index (χ3v) is 3.20. The first-order valence-electron chi connectivity index (χ1n) is 6.66. The summed E-state index contributed by atoms with van der Waals surface area (Å²) in [6.07, 6.45) is 1.65. The van der Waals surface area contributed by atoms with E-state index in [0.29, 0.717) is 12.2 Å². The molecule has 0 atom stereocenters. The fourth-order valence-electron chi connectivity index (χ4n) is 1.94. The van der Waals surface area contributed by atoms with Crippen molar-refractivity contribution in [2.45, 2.75) is 6.54 Å². The molecule has 0 aliphatic rings. The second-order valence-corrected chi connectivity index (χ2v) is 4.69. The molecule has 1 aromatic carbocycles. The predicted molar refractivity (Wildman–Crippen MR) is 82.6 cm³/mol. The summed E-state index contributed by atoms with van der Waals surface area (Å²) in [6, 6.07) is 11.2. The van der Waals surface area contributed by atoms with Crippen LogP contribution in [-0.4, -0.2) is 37.0 Å². The summed E-state index contributed by atoms with van der Waals surface area (Å²) >= 11 is 0. The minimum Gasteiger partial charge on any atom is -0.497 e. The summed E-state index contributed by atoms with van der Waals surface area (Å²) < 4.78 is 5.12. The van der Waals surface area contributed by atoms with Gasteiger partial charge in [-0.05, 0) is 29.8 Å². The Hall–Kier alpha value is -2.56. The Morgan fingerprint density at radius 1 is 1.24 bits per heavy atom. The van der Waals surface area contributed by atoms with E-state index in [1.165, 1.54) is 0 Å². The van der Waals surface area contributed by atoms with Gasteiger partial charge in [-0.1, -0.05) is 12.1 Å². The number of nitrogens with zero attached hydrogens (tertiary/aromatic N) is 2. The van der Waals surface area contributed by atoms with Crippen molar-refractivity contribution in [3.05, 3.63) is 53.9 Å². The van der Waals surface area contributed by atoms with Crippen LogP contribution in [0.1, 0.15) is 16.1 Å². The van der Waals surface area contributed by atoms with E-state index in [-0.39, 0.29) is 5.91 Å². The van der Waals surface area contributed by atoms with Crippen molar-refractivity contribution in [3.8, 4) is 5.75 Å². The fourth-order valence-corrected chi connectivity index (χ4v) is 1.94. The highest BCUT2D eigenvalue weighted by Gasteiger charge is 2.13. The largest absolute Gasteiger partial charge is 0.497 e. The van der Waals surface area contributed by atoms with Crippen molar-refractivity contribution in [1.29, 1.82) is 0 Å². The summed E-state index contributed by atoms with van der Waals surface area (Å²) in [5.74, 6) is 0.700. The first-order chi connectivity index (χ1) is 10.1. The number of ether oxygens (including phenoxy) is 1. The molecule has 0 fully saturated rings. The van der Waals surface area contributed by atoms with Crippen molar-refractivity contribution in [1.82, 2.24) is 9.88 Å². The fraction of sp³-hybridized carbons (Fsp3) is 0.250. The molecule has 1 heterocycles. The van der Waals surface area contributed by atoms with E-state index in [4.69, 9.17) is 4.74 Å².